The number of rotatable bonds is 4. The monoisotopic (exact) mass is 322 g/mol. The van der Waals surface area contributed by atoms with Crippen LogP contribution >= 0.6 is 15.9 Å². The Morgan fingerprint density at radius 1 is 1.32 bits per heavy atom. The molecule has 2 aromatic heterocycles. The lowest BCUT2D eigenvalue weighted by molar-refractivity contribution is 0.398. The number of hydrogen-bond acceptors (Lipinski definition) is 5. The van der Waals surface area contributed by atoms with E-state index in [1.807, 2.05) is 6.07 Å². The minimum Gasteiger partial charge on any atom is -0.481 e. The lowest BCUT2D eigenvalue weighted by atomic mass is 10.2. The van der Waals surface area contributed by atoms with E-state index >= 15 is 0 Å². The van der Waals surface area contributed by atoms with Crippen molar-refractivity contribution < 1.29 is 4.74 Å². The van der Waals surface area contributed by atoms with Crippen LogP contribution in [-0.2, 0) is 6.42 Å². The number of aromatic nitrogens is 3. The Hall–Kier alpha value is -1.69. The summed E-state index contributed by atoms with van der Waals surface area (Å²) < 4.78 is 5.80. The summed E-state index contributed by atoms with van der Waals surface area (Å²) in [6.45, 7) is 2.10. The summed E-state index contributed by atoms with van der Waals surface area (Å²) in [5.41, 5.74) is 7.64. The van der Waals surface area contributed by atoms with Crippen LogP contribution < -0.4 is 10.5 Å². The van der Waals surface area contributed by atoms with Gasteiger partial charge in [-0.05, 0) is 28.4 Å². The van der Waals surface area contributed by atoms with Gasteiger partial charge in [0.1, 0.15) is 5.82 Å². The molecule has 2 rings (SSSR count). The Bertz CT molecular complexity index is 572. The van der Waals surface area contributed by atoms with E-state index in [-0.39, 0.29) is 0 Å². The molecule has 0 aliphatic rings. The van der Waals surface area contributed by atoms with Crippen LogP contribution in [0.2, 0.25) is 0 Å². The maximum atomic E-state index is 5.90. The van der Waals surface area contributed by atoms with Gasteiger partial charge in [0.05, 0.1) is 17.3 Å². The highest BCUT2D eigenvalue weighted by Crippen LogP contribution is 2.26. The minimum absolute atomic E-state index is 0.448. The molecule has 2 N–H and O–H groups in total. The second-order valence-electron chi connectivity index (χ2n) is 4.03. The third-order valence-corrected chi connectivity index (χ3v) is 3.50. The van der Waals surface area contributed by atoms with E-state index in [0.717, 1.165) is 28.6 Å². The Morgan fingerprint density at radius 2 is 2.11 bits per heavy atom. The fraction of sp³-hybridized carbons (Fsp3) is 0.308. The SMILES string of the molecule is CCCc1nc(-c2ccc(OC)nc2)nc(N)c1Br. The van der Waals surface area contributed by atoms with Crippen molar-refractivity contribution in [2.24, 2.45) is 0 Å². The van der Waals surface area contributed by atoms with E-state index in [9.17, 15) is 0 Å². The van der Waals surface area contributed by atoms with E-state index in [1.54, 1.807) is 19.4 Å². The van der Waals surface area contributed by atoms with Crippen molar-refractivity contribution in [2.75, 3.05) is 12.8 Å². The molecule has 0 bridgehead atoms. The number of aryl methyl sites for hydroxylation is 1. The molecule has 19 heavy (non-hydrogen) atoms. The van der Waals surface area contributed by atoms with Crippen LogP contribution in [0.3, 0.4) is 0 Å². The number of nitrogen functional groups attached to an aromatic ring is 1. The Balaban J connectivity index is 2.43. The molecule has 0 aliphatic carbocycles. The highest BCUT2D eigenvalue weighted by atomic mass is 79.9. The zero-order valence-electron chi connectivity index (χ0n) is 10.9. The summed E-state index contributed by atoms with van der Waals surface area (Å²) in [4.78, 5) is 13.0. The molecule has 0 fully saturated rings. The summed E-state index contributed by atoms with van der Waals surface area (Å²) in [5.74, 6) is 1.59. The molecule has 100 valence electrons. The molecule has 2 aromatic rings. The lowest BCUT2D eigenvalue weighted by Crippen LogP contribution is -2.03. The van der Waals surface area contributed by atoms with Gasteiger partial charge in [-0.1, -0.05) is 13.3 Å². The summed E-state index contributed by atoms with van der Waals surface area (Å²) in [7, 11) is 1.58. The van der Waals surface area contributed by atoms with Gasteiger partial charge >= 0.3 is 0 Å². The third kappa shape index (κ3) is 3.01. The van der Waals surface area contributed by atoms with Gasteiger partial charge in [0, 0.05) is 17.8 Å². The molecule has 5 nitrogen and oxygen atoms in total. The fourth-order valence-corrected chi connectivity index (χ4v) is 2.05. The number of hydrogen-bond donors (Lipinski definition) is 1. The third-order valence-electron chi connectivity index (χ3n) is 2.64. The van der Waals surface area contributed by atoms with Crippen molar-refractivity contribution in [3.63, 3.8) is 0 Å². The Labute approximate surface area is 120 Å². The van der Waals surface area contributed by atoms with Crippen molar-refractivity contribution in [2.45, 2.75) is 19.8 Å². The van der Waals surface area contributed by atoms with Gasteiger partial charge in [-0.2, -0.15) is 0 Å². The zero-order valence-corrected chi connectivity index (χ0v) is 12.4. The quantitative estimate of drug-likeness (QED) is 0.936. The van der Waals surface area contributed by atoms with Gasteiger partial charge in [0.15, 0.2) is 5.82 Å². The average Bonchev–Trinajstić information content (AvgIpc) is 2.44. The van der Waals surface area contributed by atoms with Gasteiger partial charge in [-0.25, -0.2) is 15.0 Å². The molecular formula is C13H15BrN4O. The molecular weight excluding hydrogens is 308 g/mol. The molecule has 6 heteroatoms. The molecule has 2 heterocycles. The van der Waals surface area contributed by atoms with Crippen LogP contribution in [-0.4, -0.2) is 22.1 Å². The molecule has 0 atom stereocenters. The molecule has 0 unspecified atom stereocenters. The normalized spacial score (nSPS) is 10.5. The van der Waals surface area contributed by atoms with E-state index in [1.165, 1.54) is 0 Å². The first-order valence-electron chi connectivity index (χ1n) is 5.98. The highest BCUT2D eigenvalue weighted by Gasteiger charge is 2.11. The Kier molecular flexibility index (Phi) is 4.31. The van der Waals surface area contributed by atoms with Crippen molar-refractivity contribution in [3.05, 3.63) is 28.5 Å². The van der Waals surface area contributed by atoms with Gasteiger partial charge < -0.3 is 10.5 Å². The topological polar surface area (TPSA) is 73.9 Å². The number of nitrogens with zero attached hydrogens (tertiary/aromatic N) is 3. The fourth-order valence-electron chi connectivity index (χ4n) is 1.68. The first-order chi connectivity index (χ1) is 9.15. The van der Waals surface area contributed by atoms with Gasteiger partial charge in [0.25, 0.3) is 0 Å². The predicted octanol–water partition coefficient (Wildman–Crippen LogP) is 2.84. The first-order valence-corrected chi connectivity index (χ1v) is 6.77. The first kappa shape index (κ1) is 13.7. The van der Waals surface area contributed by atoms with E-state index in [2.05, 4.69) is 37.8 Å². The van der Waals surface area contributed by atoms with Crippen LogP contribution in [0.5, 0.6) is 5.88 Å². The number of anilines is 1. The van der Waals surface area contributed by atoms with Crippen LogP contribution in [0.15, 0.2) is 22.8 Å². The summed E-state index contributed by atoms with van der Waals surface area (Å²) in [5, 5.41) is 0. The minimum atomic E-state index is 0.448. The molecule has 0 saturated carbocycles. The molecule has 0 spiro atoms. The molecule has 0 radical (unpaired) electrons. The van der Waals surface area contributed by atoms with Gasteiger partial charge in [-0.3, -0.25) is 0 Å². The van der Waals surface area contributed by atoms with Crippen molar-refractivity contribution in [1.29, 1.82) is 0 Å². The van der Waals surface area contributed by atoms with Crippen molar-refractivity contribution in [3.8, 4) is 17.3 Å². The summed E-state index contributed by atoms with van der Waals surface area (Å²) >= 11 is 3.43. The predicted molar refractivity (Wildman–Crippen MR) is 77.9 cm³/mol. The zero-order chi connectivity index (χ0) is 13.8. The average molecular weight is 323 g/mol. The molecule has 0 saturated heterocycles. The molecule has 0 amide bonds. The molecule has 0 aromatic carbocycles. The summed E-state index contributed by atoms with van der Waals surface area (Å²) in [6.07, 6.45) is 3.52. The largest absolute Gasteiger partial charge is 0.481 e. The van der Waals surface area contributed by atoms with E-state index < -0.39 is 0 Å². The second kappa shape index (κ2) is 5.97. The van der Waals surface area contributed by atoms with Crippen LogP contribution in [0, 0.1) is 0 Å². The van der Waals surface area contributed by atoms with E-state index in [4.69, 9.17) is 10.5 Å². The Morgan fingerprint density at radius 3 is 2.68 bits per heavy atom. The van der Waals surface area contributed by atoms with Crippen molar-refractivity contribution in [1.82, 2.24) is 15.0 Å². The smallest absolute Gasteiger partial charge is 0.212 e. The maximum absolute atomic E-state index is 5.90. The standard InChI is InChI=1S/C13H15BrN4O/c1-3-4-9-11(14)12(15)18-13(17-9)8-5-6-10(19-2)16-7-8/h5-7H,3-4H2,1-2H3,(H2,15,17,18). The number of ether oxygens (including phenoxy) is 1. The molecule has 0 aliphatic heterocycles. The van der Waals surface area contributed by atoms with Crippen LogP contribution in [0.25, 0.3) is 11.4 Å². The number of nitrogens with two attached hydrogens (primary N) is 1. The highest BCUT2D eigenvalue weighted by molar-refractivity contribution is 9.10. The maximum Gasteiger partial charge on any atom is 0.212 e. The second-order valence-corrected chi connectivity index (χ2v) is 4.83. The lowest BCUT2D eigenvalue weighted by Gasteiger charge is -2.08. The number of pyridine rings is 1. The summed E-state index contributed by atoms with van der Waals surface area (Å²) in [6, 6.07) is 3.64. The van der Waals surface area contributed by atoms with Gasteiger partial charge in [0.2, 0.25) is 5.88 Å². The van der Waals surface area contributed by atoms with E-state index in [0.29, 0.717) is 17.5 Å². The van der Waals surface area contributed by atoms with Gasteiger partial charge in [-0.15, -0.1) is 0 Å². The number of halogens is 1. The number of methoxy groups -OCH3 is 1. The van der Waals surface area contributed by atoms with Crippen LogP contribution in [0.4, 0.5) is 5.82 Å². The van der Waals surface area contributed by atoms with Crippen molar-refractivity contribution >= 4 is 21.7 Å². The van der Waals surface area contributed by atoms with Crippen LogP contribution in [0.1, 0.15) is 19.0 Å².